The minimum Gasteiger partial charge on any atom is -0.493 e. The van der Waals surface area contributed by atoms with Crippen molar-refractivity contribution >= 4 is 41.2 Å². The van der Waals surface area contributed by atoms with Crippen LogP contribution >= 0.6 is 35.3 Å². The zero-order valence-electron chi connectivity index (χ0n) is 20.4. The number of nitrogens with zero attached hydrogens (tertiary/aromatic N) is 2. The Morgan fingerprint density at radius 1 is 1.08 bits per heavy atom. The minimum absolute atomic E-state index is 0.0979. The topological polar surface area (TPSA) is 44.8 Å². The predicted molar refractivity (Wildman–Crippen MR) is 144 cm³/mol. The highest BCUT2D eigenvalue weighted by Gasteiger charge is 2.31. The highest BCUT2D eigenvalue weighted by Crippen LogP contribution is 2.45. The average molecular weight is 553 g/mol. The molecule has 2 aromatic rings. The second-order valence-electron chi connectivity index (χ2n) is 10.1. The fourth-order valence-electron chi connectivity index (χ4n) is 4.87. The van der Waals surface area contributed by atoms with E-state index in [2.05, 4.69) is 16.5 Å². The molecule has 2 heterocycles. The first kappa shape index (κ1) is 26.1. The zero-order chi connectivity index (χ0) is 25.2. The molecule has 1 saturated carbocycles. The van der Waals surface area contributed by atoms with Gasteiger partial charge in [0.25, 0.3) is 5.91 Å². The van der Waals surface area contributed by atoms with E-state index in [1.54, 1.807) is 12.1 Å². The van der Waals surface area contributed by atoms with E-state index in [0.717, 1.165) is 69.4 Å². The third kappa shape index (κ3) is 6.30. The highest BCUT2D eigenvalue weighted by molar-refractivity contribution is 7.95. The van der Waals surface area contributed by atoms with Gasteiger partial charge in [0.1, 0.15) is 11.6 Å². The van der Waals surface area contributed by atoms with Crippen LogP contribution < -0.4 is 9.46 Å². The Hall–Kier alpha value is -1.51. The molecule has 5 rings (SSSR count). The van der Waals surface area contributed by atoms with Gasteiger partial charge in [-0.15, -0.1) is 0 Å². The summed E-state index contributed by atoms with van der Waals surface area (Å²) >= 11 is 13.7. The number of hydrogen-bond donors (Lipinski definition) is 1. The van der Waals surface area contributed by atoms with Gasteiger partial charge >= 0.3 is 0 Å². The molecule has 2 saturated heterocycles. The third-order valence-corrected chi connectivity index (χ3v) is 8.82. The molecule has 0 spiro atoms. The van der Waals surface area contributed by atoms with Crippen LogP contribution in [-0.4, -0.2) is 47.9 Å². The number of rotatable bonds is 9. The van der Waals surface area contributed by atoms with Gasteiger partial charge in [0.05, 0.1) is 12.2 Å². The number of ether oxygens (including phenoxy) is 1. The van der Waals surface area contributed by atoms with Gasteiger partial charge in [-0.05, 0) is 99.3 Å². The van der Waals surface area contributed by atoms with Gasteiger partial charge in [0.2, 0.25) is 0 Å². The molecule has 1 amide bonds. The number of halogens is 3. The van der Waals surface area contributed by atoms with E-state index in [4.69, 9.17) is 27.9 Å². The number of hydrogen-bond acceptors (Lipinski definition) is 5. The molecule has 0 bridgehead atoms. The van der Waals surface area contributed by atoms with Crippen LogP contribution in [0, 0.1) is 11.7 Å². The van der Waals surface area contributed by atoms with Crippen LogP contribution in [0.5, 0.6) is 5.75 Å². The molecule has 1 aliphatic carbocycles. The fraction of sp³-hybridized carbons (Fsp3) is 0.519. The van der Waals surface area contributed by atoms with E-state index >= 15 is 0 Å². The van der Waals surface area contributed by atoms with Crippen LogP contribution in [0.1, 0.15) is 72.5 Å². The molecule has 1 N–H and O–H groups in total. The third-order valence-electron chi connectivity index (χ3n) is 7.48. The summed E-state index contributed by atoms with van der Waals surface area (Å²) in [7, 11) is 0. The SMILES string of the molecule is CC(c1cc(Cl)cc(Cl)c1)N1CCC(COc2cc(F)c(C(=O)NSN3CCC3)cc2C2CC2)CC1. The van der Waals surface area contributed by atoms with E-state index in [-0.39, 0.29) is 17.5 Å². The number of carbonyl (C=O) groups excluding carboxylic acids is 1. The molecular formula is C27H32Cl2FN3O2S. The number of benzene rings is 2. The zero-order valence-corrected chi connectivity index (χ0v) is 22.8. The summed E-state index contributed by atoms with van der Waals surface area (Å²) < 4.78 is 25.9. The van der Waals surface area contributed by atoms with Crippen molar-refractivity contribution in [3.8, 4) is 5.75 Å². The largest absolute Gasteiger partial charge is 0.493 e. The molecule has 3 fully saturated rings. The molecule has 2 aliphatic heterocycles. The van der Waals surface area contributed by atoms with Crippen LogP contribution in [0.2, 0.25) is 10.0 Å². The standard InChI is InChI=1S/C27H32Cl2FN3O2S/c1-17(20-11-21(28)13-22(29)12-20)32-9-5-18(6-10-32)16-35-26-15-25(30)24(14-23(26)19-3-4-19)27(34)31-36-33-7-2-8-33/h11-15,17-19H,2-10,16H2,1H3,(H,31,34). The van der Waals surface area contributed by atoms with Gasteiger partial charge < -0.3 is 4.74 Å². The van der Waals surface area contributed by atoms with E-state index in [1.165, 1.54) is 18.2 Å². The Kier molecular flexibility index (Phi) is 8.33. The van der Waals surface area contributed by atoms with Crippen molar-refractivity contribution in [2.24, 2.45) is 5.92 Å². The van der Waals surface area contributed by atoms with Crippen molar-refractivity contribution in [3.63, 3.8) is 0 Å². The first-order chi connectivity index (χ1) is 17.4. The van der Waals surface area contributed by atoms with Crippen LogP contribution in [0.3, 0.4) is 0 Å². The van der Waals surface area contributed by atoms with Crippen molar-refractivity contribution in [1.29, 1.82) is 0 Å². The van der Waals surface area contributed by atoms with Gasteiger partial charge in [-0.1, -0.05) is 23.2 Å². The Balaban J connectivity index is 1.17. The molecule has 9 heteroatoms. The summed E-state index contributed by atoms with van der Waals surface area (Å²) in [5.41, 5.74) is 2.18. The average Bonchev–Trinajstić information content (AvgIpc) is 3.66. The normalized spacial score (nSPS) is 20.1. The molecule has 5 nitrogen and oxygen atoms in total. The van der Waals surface area contributed by atoms with Crippen molar-refractivity contribution in [1.82, 2.24) is 13.9 Å². The van der Waals surface area contributed by atoms with Crippen molar-refractivity contribution in [3.05, 3.63) is 62.9 Å². The predicted octanol–water partition coefficient (Wildman–Crippen LogP) is 6.86. The van der Waals surface area contributed by atoms with E-state index in [0.29, 0.717) is 34.2 Å². The summed E-state index contributed by atoms with van der Waals surface area (Å²) in [6.45, 7) is 6.54. The number of piperidine rings is 1. The minimum atomic E-state index is -0.528. The summed E-state index contributed by atoms with van der Waals surface area (Å²) in [4.78, 5) is 15.0. The number of nitrogens with one attached hydrogen (secondary N) is 1. The van der Waals surface area contributed by atoms with E-state index in [1.807, 2.05) is 16.4 Å². The van der Waals surface area contributed by atoms with Crippen molar-refractivity contribution < 1.29 is 13.9 Å². The summed E-state index contributed by atoms with van der Waals surface area (Å²) in [5, 5.41) is 1.31. The lowest BCUT2D eigenvalue weighted by atomic mass is 9.95. The molecule has 1 unspecified atom stereocenters. The molecule has 1 atom stereocenters. The molecule has 36 heavy (non-hydrogen) atoms. The van der Waals surface area contributed by atoms with E-state index < -0.39 is 5.82 Å². The van der Waals surface area contributed by atoms with Crippen LogP contribution in [-0.2, 0) is 0 Å². The quantitative estimate of drug-likeness (QED) is 0.345. The maximum absolute atomic E-state index is 14.9. The highest BCUT2D eigenvalue weighted by atomic mass is 35.5. The van der Waals surface area contributed by atoms with Gasteiger partial charge in [0.15, 0.2) is 0 Å². The molecule has 2 aromatic carbocycles. The second kappa shape index (κ2) is 11.5. The Morgan fingerprint density at radius 2 is 1.78 bits per heavy atom. The first-order valence-corrected chi connectivity index (χ1v) is 14.3. The Morgan fingerprint density at radius 3 is 2.39 bits per heavy atom. The first-order valence-electron chi connectivity index (χ1n) is 12.8. The smallest absolute Gasteiger partial charge is 0.265 e. The molecular weight excluding hydrogens is 520 g/mol. The van der Waals surface area contributed by atoms with Crippen LogP contribution in [0.15, 0.2) is 30.3 Å². The summed E-state index contributed by atoms with van der Waals surface area (Å²) in [6.07, 6.45) is 5.25. The van der Waals surface area contributed by atoms with Crippen molar-refractivity contribution in [2.45, 2.75) is 51.0 Å². The van der Waals surface area contributed by atoms with Crippen LogP contribution in [0.4, 0.5) is 4.39 Å². The number of likely N-dealkylation sites (tertiary alicyclic amines) is 1. The van der Waals surface area contributed by atoms with Gasteiger partial charge in [0, 0.05) is 47.4 Å². The summed E-state index contributed by atoms with van der Waals surface area (Å²) in [6, 6.07) is 9.07. The van der Waals surface area contributed by atoms with Crippen LogP contribution in [0.25, 0.3) is 0 Å². The Bertz CT molecular complexity index is 1080. The van der Waals surface area contributed by atoms with E-state index in [9.17, 15) is 9.18 Å². The maximum Gasteiger partial charge on any atom is 0.265 e. The lowest BCUT2D eigenvalue weighted by molar-refractivity contribution is 0.0978. The molecule has 0 aromatic heterocycles. The molecule has 3 aliphatic rings. The maximum atomic E-state index is 14.9. The summed E-state index contributed by atoms with van der Waals surface area (Å²) in [5.74, 6) is 0.427. The van der Waals surface area contributed by atoms with Gasteiger partial charge in [-0.3, -0.25) is 14.4 Å². The fourth-order valence-corrected chi connectivity index (χ4v) is 6.17. The second-order valence-corrected chi connectivity index (χ2v) is 11.9. The van der Waals surface area contributed by atoms with Gasteiger partial charge in [-0.2, -0.15) is 0 Å². The number of amides is 1. The van der Waals surface area contributed by atoms with Gasteiger partial charge in [-0.25, -0.2) is 8.70 Å². The lowest BCUT2D eigenvalue weighted by Crippen LogP contribution is -2.37. The Labute approximate surface area is 226 Å². The monoisotopic (exact) mass is 551 g/mol. The van der Waals surface area contributed by atoms with Crippen molar-refractivity contribution in [2.75, 3.05) is 32.8 Å². The molecule has 194 valence electrons. The number of carbonyl (C=O) groups is 1. The molecule has 0 radical (unpaired) electrons. The lowest BCUT2D eigenvalue weighted by Gasteiger charge is -2.36.